The highest BCUT2D eigenvalue weighted by atomic mass is 32.2. The predicted molar refractivity (Wildman–Crippen MR) is 80.1 cm³/mol. The number of carboxylic acids is 1. The van der Waals surface area contributed by atoms with Crippen molar-refractivity contribution in [3.63, 3.8) is 0 Å². The molecule has 2 aromatic carbocycles. The number of carboxylic acid groups (broad SMARTS) is 1. The maximum absolute atomic E-state index is 13.8. The molecule has 0 atom stereocenters. The fourth-order valence-corrected chi connectivity index (χ4v) is 3.45. The molecule has 0 aromatic heterocycles. The Morgan fingerprint density at radius 1 is 1.18 bits per heavy atom. The van der Waals surface area contributed by atoms with Crippen molar-refractivity contribution in [3.8, 4) is 0 Å². The van der Waals surface area contributed by atoms with Gasteiger partial charge in [-0.25, -0.2) is 17.6 Å². The minimum absolute atomic E-state index is 0.109. The van der Waals surface area contributed by atoms with E-state index < -0.39 is 21.8 Å². The SMILES string of the molecule is Cc1ccc(C(=O)O)cc1S(=O)(=O)N(C)c1ccccc1F. The van der Waals surface area contributed by atoms with Crippen LogP contribution in [0.15, 0.2) is 47.4 Å². The molecule has 0 aliphatic rings. The van der Waals surface area contributed by atoms with Crippen molar-refractivity contribution < 1.29 is 22.7 Å². The van der Waals surface area contributed by atoms with Gasteiger partial charge in [0, 0.05) is 7.05 Å². The van der Waals surface area contributed by atoms with Gasteiger partial charge in [-0.15, -0.1) is 0 Å². The summed E-state index contributed by atoms with van der Waals surface area (Å²) in [5.41, 5.74) is 0.127. The molecule has 116 valence electrons. The van der Waals surface area contributed by atoms with E-state index in [1.807, 2.05) is 0 Å². The van der Waals surface area contributed by atoms with Crippen molar-refractivity contribution in [2.24, 2.45) is 0 Å². The minimum atomic E-state index is -4.07. The van der Waals surface area contributed by atoms with Crippen LogP contribution >= 0.6 is 0 Å². The van der Waals surface area contributed by atoms with Gasteiger partial charge < -0.3 is 5.11 Å². The van der Waals surface area contributed by atoms with Crippen molar-refractivity contribution in [2.75, 3.05) is 11.4 Å². The zero-order valence-electron chi connectivity index (χ0n) is 11.9. The molecule has 7 heteroatoms. The van der Waals surface area contributed by atoms with E-state index in [4.69, 9.17) is 5.11 Å². The lowest BCUT2D eigenvalue weighted by atomic mass is 10.1. The molecule has 1 N–H and O–H groups in total. The van der Waals surface area contributed by atoms with Crippen molar-refractivity contribution in [1.29, 1.82) is 0 Å². The number of aryl methyl sites for hydroxylation is 1. The Balaban J connectivity index is 2.58. The van der Waals surface area contributed by atoms with Gasteiger partial charge in [-0.3, -0.25) is 4.31 Å². The fraction of sp³-hybridized carbons (Fsp3) is 0.133. The number of nitrogens with zero attached hydrogens (tertiary/aromatic N) is 1. The van der Waals surface area contributed by atoms with E-state index >= 15 is 0 Å². The molecular formula is C15H14FNO4S. The standard InChI is InChI=1S/C15H14FNO4S/c1-10-7-8-11(15(18)19)9-14(10)22(20,21)17(2)13-6-4-3-5-12(13)16/h3-9H,1-2H3,(H,18,19). The average molecular weight is 323 g/mol. The third-order valence-corrected chi connectivity index (χ3v) is 5.18. The van der Waals surface area contributed by atoms with Gasteiger partial charge in [0.2, 0.25) is 0 Å². The number of para-hydroxylation sites is 1. The molecule has 0 fully saturated rings. The number of rotatable bonds is 4. The highest BCUT2D eigenvalue weighted by Crippen LogP contribution is 2.27. The lowest BCUT2D eigenvalue weighted by molar-refractivity contribution is 0.0696. The third kappa shape index (κ3) is 2.80. The van der Waals surface area contributed by atoms with Gasteiger partial charge in [-0.05, 0) is 36.8 Å². The summed E-state index contributed by atoms with van der Waals surface area (Å²) >= 11 is 0. The Morgan fingerprint density at radius 2 is 1.82 bits per heavy atom. The largest absolute Gasteiger partial charge is 0.478 e. The van der Waals surface area contributed by atoms with Crippen molar-refractivity contribution in [3.05, 3.63) is 59.4 Å². The van der Waals surface area contributed by atoms with Gasteiger partial charge in [0.15, 0.2) is 0 Å². The summed E-state index contributed by atoms with van der Waals surface area (Å²) in [5.74, 6) is -1.91. The van der Waals surface area contributed by atoms with E-state index in [2.05, 4.69) is 0 Å². The maximum Gasteiger partial charge on any atom is 0.335 e. The third-order valence-electron chi connectivity index (χ3n) is 3.27. The van der Waals surface area contributed by atoms with E-state index in [1.165, 1.54) is 37.4 Å². The maximum atomic E-state index is 13.8. The van der Waals surface area contributed by atoms with E-state index in [0.717, 1.165) is 16.4 Å². The summed E-state index contributed by atoms with van der Waals surface area (Å²) in [5, 5.41) is 9.00. The lowest BCUT2D eigenvalue weighted by Gasteiger charge is -2.21. The van der Waals surface area contributed by atoms with E-state index in [9.17, 15) is 17.6 Å². The van der Waals surface area contributed by atoms with Crippen LogP contribution in [0.5, 0.6) is 0 Å². The van der Waals surface area contributed by atoms with E-state index in [1.54, 1.807) is 6.92 Å². The van der Waals surface area contributed by atoms with Crippen LogP contribution < -0.4 is 4.31 Å². The first-order chi connectivity index (χ1) is 10.2. The zero-order valence-corrected chi connectivity index (χ0v) is 12.8. The Bertz CT molecular complexity index is 833. The first-order valence-electron chi connectivity index (χ1n) is 6.32. The molecule has 0 saturated heterocycles. The quantitative estimate of drug-likeness (QED) is 0.938. The summed E-state index contributed by atoms with van der Waals surface area (Å²) in [7, 11) is -2.85. The van der Waals surface area contributed by atoms with Gasteiger partial charge in [0.05, 0.1) is 16.1 Å². The molecule has 0 heterocycles. The van der Waals surface area contributed by atoms with Crippen molar-refractivity contribution >= 4 is 21.7 Å². The van der Waals surface area contributed by atoms with Gasteiger partial charge >= 0.3 is 5.97 Å². The molecule has 5 nitrogen and oxygen atoms in total. The molecule has 0 bridgehead atoms. The van der Waals surface area contributed by atoms with Gasteiger partial charge in [0.1, 0.15) is 5.82 Å². The lowest BCUT2D eigenvalue weighted by Crippen LogP contribution is -2.28. The highest BCUT2D eigenvalue weighted by molar-refractivity contribution is 7.92. The summed E-state index contributed by atoms with van der Waals surface area (Å²) in [6.07, 6.45) is 0. The molecule has 0 spiro atoms. The monoisotopic (exact) mass is 323 g/mol. The number of anilines is 1. The van der Waals surface area contributed by atoms with Crippen LogP contribution in [0.3, 0.4) is 0 Å². The molecule has 2 rings (SSSR count). The van der Waals surface area contributed by atoms with E-state index in [0.29, 0.717) is 5.56 Å². The summed E-state index contributed by atoms with van der Waals surface area (Å²) in [6, 6.07) is 9.27. The molecule has 2 aromatic rings. The topological polar surface area (TPSA) is 74.7 Å². The summed E-state index contributed by atoms with van der Waals surface area (Å²) in [6.45, 7) is 1.55. The smallest absolute Gasteiger partial charge is 0.335 e. The number of carbonyl (C=O) groups is 1. The van der Waals surface area contributed by atoms with Crippen LogP contribution in [0.4, 0.5) is 10.1 Å². The first-order valence-corrected chi connectivity index (χ1v) is 7.76. The predicted octanol–water partition coefficient (Wildman–Crippen LogP) is 2.66. The second-order valence-electron chi connectivity index (χ2n) is 4.71. The number of benzene rings is 2. The number of hydrogen-bond donors (Lipinski definition) is 1. The Kier molecular flexibility index (Phi) is 4.18. The first kappa shape index (κ1) is 16.0. The van der Waals surface area contributed by atoms with Crippen LogP contribution in [-0.4, -0.2) is 26.5 Å². The Hall–Kier alpha value is -2.41. The van der Waals surface area contributed by atoms with E-state index in [-0.39, 0.29) is 16.1 Å². The summed E-state index contributed by atoms with van der Waals surface area (Å²) in [4.78, 5) is 10.8. The van der Waals surface area contributed by atoms with Crippen LogP contribution in [0, 0.1) is 12.7 Å². The zero-order chi connectivity index (χ0) is 16.5. The molecule has 0 amide bonds. The molecular weight excluding hydrogens is 309 g/mol. The van der Waals surface area contributed by atoms with Crippen molar-refractivity contribution in [2.45, 2.75) is 11.8 Å². The second-order valence-corrected chi connectivity index (χ2v) is 6.65. The van der Waals surface area contributed by atoms with Crippen LogP contribution in [-0.2, 0) is 10.0 Å². The molecule has 0 radical (unpaired) electrons. The number of halogens is 1. The minimum Gasteiger partial charge on any atom is -0.478 e. The molecule has 0 aliphatic carbocycles. The molecule has 0 saturated carbocycles. The van der Waals surface area contributed by atoms with Crippen LogP contribution in [0.1, 0.15) is 15.9 Å². The number of aromatic carboxylic acids is 1. The van der Waals surface area contributed by atoms with Crippen molar-refractivity contribution in [1.82, 2.24) is 0 Å². The van der Waals surface area contributed by atoms with Crippen LogP contribution in [0.25, 0.3) is 0 Å². The van der Waals surface area contributed by atoms with Crippen LogP contribution in [0.2, 0.25) is 0 Å². The molecule has 22 heavy (non-hydrogen) atoms. The molecule has 0 unspecified atom stereocenters. The summed E-state index contributed by atoms with van der Waals surface area (Å²) < 4.78 is 39.9. The van der Waals surface area contributed by atoms with Gasteiger partial charge in [0.25, 0.3) is 10.0 Å². The highest BCUT2D eigenvalue weighted by Gasteiger charge is 2.26. The second kappa shape index (κ2) is 5.76. The fourth-order valence-electron chi connectivity index (χ4n) is 2.00. The van der Waals surface area contributed by atoms with Gasteiger partial charge in [-0.2, -0.15) is 0 Å². The van der Waals surface area contributed by atoms with Gasteiger partial charge in [-0.1, -0.05) is 18.2 Å². The normalized spacial score (nSPS) is 11.2. The molecule has 0 aliphatic heterocycles. The average Bonchev–Trinajstić information content (AvgIpc) is 2.47. The number of sulfonamides is 1. The number of hydrogen-bond acceptors (Lipinski definition) is 3. The Morgan fingerprint density at radius 3 is 2.41 bits per heavy atom. The Labute approximate surface area is 127 Å².